The molecule has 4 atom stereocenters. The van der Waals surface area contributed by atoms with Crippen molar-refractivity contribution in [1.29, 1.82) is 0 Å². The number of hydrogen-bond acceptors (Lipinski definition) is 13. The van der Waals surface area contributed by atoms with E-state index in [1.54, 1.807) is 19.6 Å². The van der Waals surface area contributed by atoms with Gasteiger partial charge in [0, 0.05) is 72.2 Å². The van der Waals surface area contributed by atoms with Gasteiger partial charge in [0.05, 0.1) is 39.4 Å². The Morgan fingerprint density at radius 3 is 1.48 bits per heavy atom. The van der Waals surface area contributed by atoms with E-state index in [4.69, 9.17) is 0 Å². The molecule has 19 heteroatoms. The lowest BCUT2D eigenvalue weighted by Gasteiger charge is -2.33. The lowest BCUT2D eigenvalue weighted by Crippen LogP contribution is -2.55. The largest absolute Gasteiger partial charge is 0.543 e. The van der Waals surface area contributed by atoms with Crippen LogP contribution in [0.25, 0.3) is 0 Å². The highest BCUT2D eigenvalue weighted by atomic mass is 31.1. The summed E-state index contributed by atoms with van der Waals surface area (Å²) < 4.78 is 16.4. The van der Waals surface area contributed by atoms with Crippen molar-refractivity contribution in [3.63, 3.8) is 0 Å². The van der Waals surface area contributed by atoms with E-state index >= 15 is 0 Å². The number of amides is 2. The molecule has 0 aliphatic carbocycles. The molecule has 2 amide bonds. The number of nitrogens with one attached hydrogen (secondary N) is 2. The summed E-state index contributed by atoms with van der Waals surface area (Å²) in [5.41, 5.74) is 0. The molecule has 1 rings (SSSR count). The van der Waals surface area contributed by atoms with Gasteiger partial charge in [-0.05, 0) is 11.5 Å². The lowest BCUT2D eigenvalue weighted by molar-refractivity contribution is -0.140. The molecule has 0 saturated carbocycles. The average Bonchev–Trinajstić information content (AvgIpc) is 2.91. The highest BCUT2D eigenvalue weighted by Crippen LogP contribution is 2.38. The summed E-state index contributed by atoms with van der Waals surface area (Å²) in [4.78, 5) is 66.5. The zero-order chi connectivity index (χ0) is 33.4. The van der Waals surface area contributed by atoms with Gasteiger partial charge in [-0.2, -0.15) is 0 Å². The molecule has 1 fully saturated rings. The minimum absolute atomic E-state index is 0.121. The number of aliphatic hydroxyl groups excluding tert-OH is 1. The maximum absolute atomic E-state index is 13.0. The normalized spacial score (nSPS) is 19.8. The van der Waals surface area contributed by atoms with E-state index in [-0.39, 0.29) is 91.5 Å². The van der Waals surface area contributed by atoms with Crippen LogP contribution in [0.4, 0.5) is 0 Å². The van der Waals surface area contributed by atoms with Gasteiger partial charge in [0.2, 0.25) is 11.8 Å². The van der Waals surface area contributed by atoms with Crippen molar-refractivity contribution in [2.75, 3.05) is 92.2 Å². The van der Waals surface area contributed by atoms with Crippen molar-refractivity contribution in [3.8, 4) is 0 Å². The fourth-order valence-electron chi connectivity index (χ4n) is 4.43. The standard InChI is InChI=1S/C25H45N6O12P/c1-18(32)23(24(40)26-5-4-25(2,41)44(42)43-3)27-19(33)14-28-6-8-29(15-20(34)35)10-12-31(17-22(38)39)13-11-30(9-7-28)16-21(36)37/h18,23,32,41H,4-17H2,1-3H3,(H4-,26,27,33,34,35,36,37,38,39,40)/p+1. The quantitative estimate of drug-likeness (QED) is 0.0817. The first kappa shape index (κ1) is 39.2. The molecule has 1 aliphatic heterocycles. The molecule has 4 unspecified atom stereocenters. The van der Waals surface area contributed by atoms with Gasteiger partial charge in [-0.3, -0.25) is 43.6 Å². The molecular formula is C25H46N6O12P+. The Morgan fingerprint density at radius 2 is 1.16 bits per heavy atom. The second kappa shape index (κ2) is 19.5. The van der Waals surface area contributed by atoms with Gasteiger partial charge in [-0.1, -0.05) is 0 Å². The number of aliphatic carboxylic acids is 3. The molecule has 252 valence electrons. The number of aliphatic hydroxyl groups is 2. The van der Waals surface area contributed by atoms with E-state index in [1.807, 2.05) is 0 Å². The van der Waals surface area contributed by atoms with Crippen molar-refractivity contribution in [3.05, 3.63) is 0 Å². The maximum Gasteiger partial charge on any atom is 0.543 e. The minimum atomic E-state index is -2.41. The van der Waals surface area contributed by atoms with Gasteiger partial charge >= 0.3 is 25.9 Å². The summed E-state index contributed by atoms with van der Waals surface area (Å²) in [7, 11) is -1.23. The number of carboxylic acid groups (broad SMARTS) is 3. The molecule has 0 bridgehead atoms. The second-order valence-corrected chi connectivity index (χ2v) is 12.6. The van der Waals surface area contributed by atoms with Crippen LogP contribution < -0.4 is 10.6 Å². The van der Waals surface area contributed by atoms with Gasteiger partial charge < -0.3 is 36.2 Å². The highest BCUT2D eigenvalue weighted by molar-refractivity contribution is 7.40. The van der Waals surface area contributed by atoms with Crippen LogP contribution in [0.15, 0.2) is 0 Å². The Balaban J connectivity index is 2.98. The first-order chi connectivity index (χ1) is 20.5. The van der Waals surface area contributed by atoms with Crippen LogP contribution in [0.5, 0.6) is 0 Å². The summed E-state index contributed by atoms with van der Waals surface area (Å²) in [6.07, 6.45) is -1.42. The minimum Gasteiger partial charge on any atom is -0.480 e. The predicted octanol–water partition coefficient (Wildman–Crippen LogP) is -3.07. The van der Waals surface area contributed by atoms with Gasteiger partial charge in [-0.15, -0.1) is 4.52 Å². The fourth-order valence-corrected chi connectivity index (χ4v) is 5.12. The van der Waals surface area contributed by atoms with Crippen molar-refractivity contribution in [2.45, 2.75) is 37.8 Å². The van der Waals surface area contributed by atoms with Crippen LogP contribution >= 0.6 is 8.03 Å². The summed E-state index contributed by atoms with van der Waals surface area (Å²) in [5.74, 6) is -4.60. The molecule has 18 nitrogen and oxygen atoms in total. The molecular weight excluding hydrogens is 607 g/mol. The predicted molar refractivity (Wildman–Crippen MR) is 155 cm³/mol. The third-order valence-corrected chi connectivity index (χ3v) is 8.25. The van der Waals surface area contributed by atoms with Gasteiger partial charge in [0.25, 0.3) is 5.34 Å². The molecule has 7 N–H and O–H groups in total. The molecule has 0 aromatic heterocycles. The Kier molecular flexibility index (Phi) is 17.4. The van der Waals surface area contributed by atoms with Crippen molar-refractivity contribution in [2.24, 2.45) is 0 Å². The Bertz CT molecular complexity index is 969. The number of nitrogens with zero attached hydrogens (tertiary/aromatic N) is 4. The number of rotatable bonds is 16. The zero-order valence-electron chi connectivity index (χ0n) is 25.4. The van der Waals surface area contributed by atoms with Gasteiger partial charge in [-0.25, -0.2) is 0 Å². The molecule has 0 radical (unpaired) electrons. The SMILES string of the molecule is CO[P+](=O)C(C)(O)CCNC(=O)C(NC(=O)CN1CCN(CC(=O)O)CCN(CC(=O)O)CCN(CC(=O)O)CC1)C(C)O. The molecule has 1 heterocycles. The molecule has 44 heavy (non-hydrogen) atoms. The van der Waals surface area contributed by atoms with E-state index in [1.165, 1.54) is 21.0 Å². The second-order valence-electron chi connectivity index (χ2n) is 10.8. The molecule has 1 saturated heterocycles. The topological polar surface area (TPSA) is 250 Å². The molecule has 0 aromatic rings. The van der Waals surface area contributed by atoms with Crippen molar-refractivity contribution >= 4 is 37.8 Å². The van der Waals surface area contributed by atoms with E-state index in [0.29, 0.717) is 0 Å². The summed E-state index contributed by atoms with van der Waals surface area (Å²) >= 11 is 0. The third kappa shape index (κ3) is 15.8. The maximum atomic E-state index is 13.0. The molecule has 0 spiro atoms. The van der Waals surface area contributed by atoms with Crippen LogP contribution in [0.3, 0.4) is 0 Å². The highest BCUT2D eigenvalue weighted by Gasteiger charge is 2.44. The summed E-state index contributed by atoms with van der Waals surface area (Å²) in [6, 6.07) is -1.36. The van der Waals surface area contributed by atoms with Crippen molar-refractivity contribution < 1.29 is 58.6 Å². The van der Waals surface area contributed by atoms with E-state index in [0.717, 1.165) is 0 Å². The van der Waals surface area contributed by atoms with Gasteiger partial charge in [0.15, 0.2) is 0 Å². The molecule has 1 aliphatic rings. The zero-order valence-corrected chi connectivity index (χ0v) is 26.3. The first-order valence-electron chi connectivity index (χ1n) is 14.1. The number of carbonyl (C=O) groups excluding carboxylic acids is 2. The fraction of sp³-hybridized carbons (Fsp3) is 0.800. The Labute approximate surface area is 256 Å². The molecule has 0 aromatic carbocycles. The van der Waals surface area contributed by atoms with Crippen LogP contribution in [0.1, 0.15) is 20.3 Å². The average molecular weight is 654 g/mol. The Hall–Kier alpha value is -2.83. The van der Waals surface area contributed by atoms with E-state index in [9.17, 15) is 54.1 Å². The lowest BCUT2D eigenvalue weighted by atomic mass is 10.1. The first-order valence-corrected chi connectivity index (χ1v) is 15.3. The summed E-state index contributed by atoms with van der Waals surface area (Å²) in [5, 5.41) is 51.6. The third-order valence-electron chi connectivity index (χ3n) is 6.91. The number of carboxylic acids is 3. The van der Waals surface area contributed by atoms with Crippen molar-refractivity contribution in [1.82, 2.24) is 30.2 Å². The van der Waals surface area contributed by atoms with Crippen LogP contribution in [0.2, 0.25) is 0 Å². The van der Waals surface area contributed by atoms with Crippen LogP contribution in [-0.2, 0) is 33.1 Å². The van der Waals surface area contributed by atoms with Crippen LogP contribution in [-0.4, -0.2) is 185 Å². The van der Waals surface area contributed by atoms with Gasteiger partial charge in [0.1, 0.15) is 6.04 Å². The monoisotopic (exact) mass is 653 g/mol. The Morgan fingerprint density at radius 1 is 0.795 bits per heavy atom. The smallest absolute Gasteiger partial charge is 0.480 e. The van der Waals surface area contributed by atoms with E-state index < -0.39 is 55.2 Å². The summed E-state index contributed by atoms with van der Waals surface area (Å²) in [6.45, 7) is 2.95. The van der Waals surface area contributed by atoms with E-state index in [2.05, 4.69) is 15.2 Å². The number of carbonyl (C=O) groups is 5. The number of hydrogen-bond donors (Lipinski definition) is 7. The van der Waals surface area contributed by atoms with Crippen LogP contribution in [0, 0.1) is 0 Å².